The second-order valence-corrected chi connectivity index (χ2v) is 5.77. The molecule has 4 nitrogen and oxygen atoms in total. The molecule has 0 saturated heterocycles. The summed E-state index contributed by atoms with van der Waals surface area (Å²) in [4.78, 5) is 24.0. The van der Waals surface area contributed by atoms with Crippen LogP contribution in [0.1, 0.15) is 11.6 Å². The monoisotopic (exact) mass is 332 g/mol. The molecule has 0 heterocycles. The Balaban J connectivity index is 2.02. The van der Waals surface area contributed by atoms with Crippen LogP contribution in [0.25, 0.3) is 0 Å². The van der Waals surface area contributed by atoms with Gasteiger partial charge in [-0.1, -0.05) is 36.4 Å². The largest absolute Gasteiger partial charge is 0.340 e. The van der Waals surface area contributed by atoms with Crippen LogP contribution in [-0.2, 0) is 9.59 Å². The number of hydrogen-bond acceptors (Lipinski definition) is 3. The number of benzene rings is 2. The SMILES string of the molecule is CSC[C@@H](NC(=O)C(=O)Nc1cccc(F)c1)c1ccccc1. The zero-order valence-electron chi connectivity index (χ0n) is 12.6. The van der Waals surface area contributed by atoms with Crippen molar-refractivity contribution in [3.8, 4) is 0 Å². The Hall–Kier alpha value is -2.34. The Kier molecular flexibility index (Phi) is 6.17. The lowest BCUT2D eigenvalue weighted by Gasteiger charge is -2.18. The van der Waals surface area contributed by atoms with Gasteiger partial charge in [0.25, 0.3) is 0 Å². The van der Waals surface area contributed by atoms with Crippen molar-refractivity contribution in [1.29, 1.82) is 0 Å². The van der Waals surface area contributed by atoms with Crippen molar-refractivity contribution in [2.24, 2.45) is 0 Å². The van der Waals surface area contributed by atoms with E-state index in [1.807, 2.05) is 36.6 Å². The molecule has 23 heavy (non-hydrogen) atoms. The maximum absolute atomic E-state index is 13.1. The highest BCUT2D eigenvalue weighted by atomic mass is 32.2. The van der Waals surface area contributed by atoms with E-state index < -0.39 is 17.6 Å². The Morgan fingerprint density at radius 1 is 1.09 bits per heavy atom. The lowest BCUT2D eigenvalue weighted by molar-refractivity contribution is -0.136. The fourth-order valence-corrected chi connectivity index (χ4v) is 2.66. The highest BCUT2D eigenvalue weighted by Crippen LogP contribution is 2.17. The number of halogens is 1. The van der Waals surface area contributed by atoms with Crippen LogP contribution in [0, 0.1) is 5.82 Å². The predicted molar refractivity (Wildman–Crippen MR) is 90.7 cm³/mol. The van der Waals surface area contributed by atoms with Crippen molar-refractivity contribution in [1.82, 2.24) is 5.32 Å². The van der Waals surface area contributed by atoms with Gasteiger partial charge in [-0.15, -0.1) is 0 Å². The normalized spacial score (nSPS) is 11.6. The molecular weight excluding hydrogens is 315 g/mol. The molecule has 0 fully saturated rings. The average Bonchev–Trinajstić information content (AvgIpc) is 2.55. The van der Waals surface area contributed by atoms with E-state index in [1.165, 1.54) is 18.2 Å². The van der Waals surface area contributed by atoms with E-state index in [9.17, 15) is 14.0 Å². The Labute approximate surface area is 138 Å². The maximum Gasteiger partial charge on any atom is 0.313 e. The standard InChI is InChI=1S/C17H17FN2O2S/c1-23-11-15(12-6-3-2-4-7-12)20-17(22)16(21)19-14-9-5-8-13(18)10-14/h2-10,15H,11H2,1H3,(H,19,21)(H,20,22)/t15-/m1/s1. The first-order valence-corrected chi connectivity index (χ1v) is 8.41. The quantitative estimate of drug-likeness (QED) is 0.828. The number of thioether (sulfide) groups is 1. The highest BCUT2D eigenvalue weighted by molar-refractivity contribution is 7.98. The van der Waals surface area contributed by atoms with E-state index in [-0.39, 0.29) is 11.7 Å². The molecule has 0 saturated carbocycles. The van der Waals surface area contributed by atoms with Gasteiger partial charge in [-0.2, -0.15) is 11.8 Å². The molecule has 0 radical (unpaired) electrons. The number of hydrogen-bond donors (Lipinski definition) is 2. The number of anilines is 1. The number of nitrogens with one attached hydrogen (secondary N) is 2. The minimum absolute atomic E-state index is 0.242. The summed E-state index contributed by atoms with van der Waals surface area (Å²) in [6.07, 6.45) is 1.93. The summed E-state index contributed by atoms with van der Waals surface area (Å²) in [6.45, 7) is 0. The fourth-order valence-electron chi connectivity index (χ4n) is 2.05. The summed E-state index contributed by atoms with van der Waals surface area (Å²) >= 11 is 1.57. The first-order chi connectivity index (χ1) is 11.1. The molecule has 2 aromatic carbocycles. The molecule has 0 aliphatic heterocycles. The van der Waals surface area contributed by atoms with Crippen molar-refractivity contribution in [3.63, 3.8) is 0 Å². The van der Waals surface area contributed by atoms with Crippen molar-refractivity contribution < 1.29 is 14.0 Å². The van der Waals surface area contributed by atoms with E-state index in [0.717, 1.165) is 11.6 Å². The molecule has 2 aromatic rings. The van der Waals surface area contributed by atoms with E-state index in [4.69, 9.17) is 0 Å². The molecule has 0 unspecified atom stereocenters. The minimum Gasteiger partial charge on any atom is -0.340 e. The van der Waals surface area contributed by atoms with Crippen LogP contribution in [0.4, 0.5) is 10.1 Å². The van der Waals surface area contributed by atoms with Crippen molar-refractivity contribution >= 4 is 29.3 Å². The molecule has 2 rings (SSSR count). The first kappa shape index (κ1) is 17.0. The highest BCUT2D eigenvalue weighted by Gasteiger charge is 2.19. The van der Waals surface area contributed by atoms with Gasteiger partial charge in [0, 0.05) is 11.4 Å². The molecule has 120 valence electrons. The molecule has 6 heteroatoms. The van der Waals surface area contributed by atoms with Crippen LogP contribution in [0.15, 0.2) is 54.6 Å². The van der Waals surface area contributed by atoms with Crippen LogP contribution in [0.2, 0.25) is 0 Å². The first-order valence-electron chi connectivity index (χ1n) is 7.01. The number of carbonyl (C=O) groups excluding carboxylic acids is 2. The minimum atomic E-state index is -0.822. The van der Waals surface area contributed by atoms with Gasteiger partial charge in [-0.3, -0.25) is 9.59 Å². The van der Waals surface area contributed by atoms with Gasteiger partial charge in [0.15, 0.2) is 0 Å². The lowest BCUT2D eigenvalue weighted by Crippen LogP contribution is -2.38. The second kappa shape index (κ2) is 8.33. The van der Waals surface area contributed by atoms with Crippen molar-refractivity contribution in [3.05, 3.63) is 66.0 Å². The molecule has 0 aromatic heterocycles. The van der Waals surface area contributed by atoms with E-state index in [0.29, 0.717) is 5.75 Å². The van der Waals surface area contributed by atoms with E-state index >= 15 is 0 Å². The number of carbonyl (C=O) groups is 2. The second-order valence-electron chi connectivity index (χ2n) is 4.86. The van der Waals surface area contributed by atoms with Crippen LogP contribution in [-0.4, -0.2) is 23.8 Å². The van der Waals surface area contributed by atoms with Gasteiger partial charge in [-0.25, -0.2) is 4.39 Å². The van der Waals surface area contributed by atoms with Gasteiger partial charge in [0.2, 0.25) is 0 Å². The van der Waals surface area contributed by atoms with E-state index in [2.05, 4.69) is 10.6 Å². The van der Waals surface area contributed by atoms with Crippen LogP contribution in [0.3, 0.4) is 0 Å². The number of rotatable bonds is 5. The third-order valence-corrected chi connectivity index (χ3v) is 3.80. The smallest absolute Gasteiger partial charge is 0.313 e. The summed E-state index contributed by atoms with van der Waals surface area (Å²) < 4.78 is 13.1. The molecule has 2 N–H and O–H groups in total. The Morgan fingerprint density at radius 2 is 1.83 bits per heavy atom. The summed E-state index contributed by atoms with van der Waals surface area (Å²) in [6, 6.07) is 14.6. The summed E-state index contributed by atoms with van der Waals surface area (Å²) in [5, 5.41) is 5.09. The van der Waals surface area contributed by atoms with Crippen molar-refractivity contribution in [2.45, 2.75) is 6.04 Å². The summed E-state index contributed by atoms with van der Waals surface area (Å²) in [7, 11) is 0. The molecule has 2 amide bonds. The van der Waals surface area contributed by atoms with Crippen molar-refractivity contribution in [2.75, 3.05) is 17.3 Å². The van der Waals surface area contributed by atoms with E-state index in [1.54, 1.807) is 11.8 Å². The molecule has 0 aliphatic rings. The zero-order chi connectivity index (χ0) is 16.7. The Morgan fingerprint density at radius 3 is 2.48 bits per heavy atom. The lowest BCUT2D eigenvalue weighted by atomic mass is 10.1. The Bertz CT molecular complexity index is 679. The maximum atomic E-state index is 13.1. The topological polar surface area (TPSA) is 58.2 Å². The third kappa shape index (κ3) is 5.10. The molecule has 1 atom stereocenters. The van der Waals surface area contributed by atoms with Gasteiger partial charge in [-0.05, 0) is 30.0 Å². The molecule has 0 spiro atoms. The average molecular weight is 332 g/mol. The predicted octanol–water partition coefficient (Wildman–Crippen LogP) is 2.98. The summed E-state index contributed by atoms with van der Waals surface area (Å²) in [5.41, 5.74) is 1.17. The number of amides is 2. The van der Waals surface area contributed by atoms with Gasteiger partial charge < -0.3 is 10.6 Å². The van der Waals surface area contributed by atoms with Gasteiger partial charge >= 0.3 is 11.8 Å². The van der Waals surface area contributed by atoms with Crippen LogP contribution >= 0.6 is 11.8 Å². The third-order valence-electron chi connectivity index (χ3n) is 3.13. The van der Waals surface area contributed by atoms with Crippen LogP contribution in [0.5, 0.6) is 0 Å². The molecule has 0 bridgehead atoms. The molecular formula is C17H17FN2O2S. The van der Waals surface area contributed by atoms with Gasteiger partial charge in [0.05, 0.1) is 6.04 Å². The summed E-state index contributed by atoms with van der Waals surface area (Å²) in [5.74, 6) is -1.41. The van der Waals surface area contributed by atoms with Gasteiger partial charge in [0.1, 0.15) is 5.82 Å². The fraction of sp³-hybridized carbons (Fsp3) is 0.176. The molecule has 0 aliphatic carbocycles. The van der Waals surface area contributed by atoms with Crippen LogP contribution < -0.4 is 10.6 Å². The zero-order valence-corrected chi connectivity index (χ0v) is 13.4.